The van der Waals surface area contributed by atoms with Crippen LogP contribution in [0.2, 0.25) is 0 Å². The van der Waals surface area contributed by atoms with Crippen LogP contribution < -0.4 is 22.1 Å². The summed E-state index contributed by atoms with van der Waals surface area (Å²) in [6.07, 6.45) is 0.936. The lowest BCUT2D eigenvalue weighted by Crippen LogP contribution is -2.56. The fourth-order valence-corrected chi connectivity index (χ4v) is 3.26. The van der Waals surface area contributed by atoms with Gasteiger partial charge in [0, 0.05) is 13.0 Å². The van der Waals surface area contributed by atoms with E-state index in [-0.39, 0.29) is 31.8 Å². The van der Waals surface area contributed by atoms with Crippen LogP contribution in [0.5, 0.6) is 0 Å². The quantitative estimate of drug-likeness (QED) is 0.267. The third kappa shape index (κ3) is 7.68. The Kier molecular flexibility index (Phi) is 9.53. The van der Waals surface area contributed by atoms with Crippen LogP contribution in [0, 0.1) is 5.92 Å². The maximum absolute atomic E-state index is 12.9. The largest absolute Gasteiger partial charge is 0.480 e. The number of amides is 4. The number of carboxylic acids is 1. The lowest BCUT2D eigenvalue weighted by atomic mass is 10.0. The number of nitrogens with two attached hydrogens (primary N) is 2. The Morgan fingerprint density at radius 3 is 2.31 bits per heavy atom. The van der Waals surface area contributed by atoms with Crippen molar-refractivity contribution >= 4 is 29.6 Å². The van der Waals surface area contributed by atoms with E-state index in [2.05, 4.69) is 10.6 Å². The zero-order valence-electron chi connectivity index (χ0n) is 16.8. The average molecular weight is 413 g/mol. The Balaban J connectivity index is 2.98. The number of carboxylic acid groups (broad SMARTS) is 1. The van der Waals surface area contributed by atoms with Crippen LogP contribution in [0.3, 0.4) is 0 Å². The molecule has 11 heteroatoms. The molecule has 0 radical (unpaired) electrons. The number of likely N-dealkylation sites (tertiary alicyclic amines) is 1. The first kappa shape index (κ1) is 24.3. The standard InChI is InChI=1S/C18H31N5O6/c1-10(2)8-12(21-15(25)9-19)16(26)22-11(5-6-14(20)24)17(27)23-7-3-4-13(23)18(28)29/h10-13H,3-9,19H2,1-2H3,(H2,20,24)(H,21,25)(H,22,26)(H,28,29). The minimum absolute atomic E-state index is 0.0675. The fourth-order valence-electron chi connectivity index (χ4n) is 3.26. The van der Waals surface area contributed by atoms with Gasteiger partial charge >= 0.3 is 5.97 Å². The molecule has 1 aliphatic rings. The van der Waals surface area contributed by atoms with Gasteiger partial charge in [-0.1, -0.05) is 13.8 Å². The molecule has 1 heterocycles. The molecular formula is C18H31N5O6. The van der Waals surface area contributed by atoms with Crippen molar-refractivity contribution in [2.45, 2.75) is 64.1 Å². The van der Waals surface area contributed by atoms with Crippen molar-refractivity contribution in [1.82, 2.24) is 15.5 Å². The number of carbonyl (C=O) groups is 5. The molecule has 1 rings (SSSR count). The van der Waals surface area contributed by atoms with Gasteiger partial charge in [-0.3, -0.25) is 19.2 Å². The van der Waals surface area contributed by atoms with Crippen LogP contribution in [0.1, 0.15) is 46.0 Å². The highest BCUT2D eigenvalue weighted by Gasteiger charge is 2.38. The Bertz CT molecular complexity index is 638. The highest BCUT2D eigenvalue weighted by Crippen LogP contribution is 2.20. The summed E-state index contributed by atoms with van der Waals surface area (Å²) in [4.78, 5) is 61.1. The number of nitrogens with one attached hydrogen (secondary N) is 2. The molecule has 0 aromatic rings. The first-order valence-electron chi connectivity index (χ1n) is 9.68. The highest BCUT2D eigenvalue weighted by molar-refractivity contribution is 5.94. The summed E-state index contributed by atoms with van der Waals surface area (Å²) in [7, 11) is 0. The molecule has 0 saturated carbocycles. The number of nitrogens with zero attached hydrogens (tertiary/aromatic N) is 1. The molecule has 0 aliphatic carbocycles. The van der Waals surface area contributed by atoms with Gasteiger partial charge in [-0.25, -0.2) is 4.79 Å². The van der Waals surface area contributed by atoms with Crippen molar-refractivity contribution in [3.05, 3.63) is 0 Å². The molecule has 0 aromatic carbocycles. The molecule has 7 N–H and O–H groups in total. The molecule has 1 fully saturated rings. The molecule has 0 bridgehead atoms. The molecule has 0 aromatic heterocycles. The van der Waals surface area contributed by atoms with E-state index in [1.807, 2.05) is 13.8 Å². The zero-order valence-corrected chi connectivity index (χ0v) is 16.8. The van der Waals surface area contributed by atoms with E-state index in [0.29, 0.717) is 19.3 Å². The van der Waals surface area contributed by atoms with Gasteiger partial charge in [-0.15, -0.1) is 0 Å². The average Bonchev–Trinajstić information content (AvgIpc) is 3.13. The molecule has 1 saturated heterocycles. The van der Waals surface area contributed by atoms with Crippen molar-refractivity contribution in [3.8, 4) is 0 Å². The zero-order chi connectivity index (χ0) is 22.1. The lowest BCUT2D eigenvalue weighted by molar-refractivity contribution is -0.149. The molecule has 29 heavy (non-hydrogen) atoms. The number of rotatable bonds is 11. The first-order chi connectivity index (χ1) is 13.6. The molecule has 0 spiro atoms. The van der Waals surface area contributed by atoms with Crippen LogP contribution in [-0.2, 0) is 24.0 Å². The lowest BCUT2D eigenvalue weighted by Gasteiger charge is -2.29. The third-order valence-electron chi connectivity index (χ3n) is 4.66. The van der Waals surface area contributed by atoms with Gasteiger partial charge < -0.3 is 32.1 Å². The van der Waals surface area contributed by atoms with E-state index in [4.69, 9.17) is 11.5 Å². The van der Waals surface area contributed by atoms with Crippen molar-refractivity contribution in [1.29, 1.82) is 0 Å². The van der Waals surface area contributed by atoms with E-state index in [9.17, 15) is 29.1 Å². The number of hydrogen-bond acceptors (Lipinski definition) is 6. The molecule has 4 amide bonds. The maximum atomic E-state index is 12.9. The normalized spacial score (nSPS) is 18.2. The molecule has 3 atom stereocenters. The second kappa shape index (κ2) is 11.3. The van der Waals surface area contributed by atoms with Gasteiger partial charge in [-0.05, 0) is 31.6 Å². The van der Waals surface area contributed by atoms with Crippen molar-refractivity contribution < 1.29 is 29.1 Å². The SMILES string of the molecule is CC(C)CC(NC(=O)CN)C(=O)NC(CCC(N)=O)C(=O)N1CCCC1C(=O)O. The first-order valence-corrected chi connectivity index (χ1v) is 9.68. The van der Waals surface area contributed by atoms with E-state index in [1.165, 1.54) is 4.90 Å². The van der Waals surface area contributed by atoms with Gasteiger partial charge in [0.15, 0.2) is 0 Å². The number of carbonyl (C=O) groups excluding carboxylic acids is 4. The number of hydrogen-bond donors (Lipinski definition) is 5. The summed E-state index contributed by atoms with van der Waals surface area (Å²) in [5.74, 6) is -3.41. The summed E-state index contributed by atoms with van der Waals surface area (Å²) in [6, 6.07) is -3.01. The molecular weight excluding hydrogens is 382 g/mol. The van der Waals surface area contributed by atoms with E-state index in [0.717, 1.165) is 0 Å². The summed E-state index contributed by atoms with van der Waals surface area (Å²) < 4.78 is 0. The van der Waals surface area contributed by atoms with Gasteiger partial charge in [0.05, 0.1) is 6.54 Å². The van der Waals surface area contributed by atoms with Gasteiger partial charge in [-0.2, -0.15) is 0 Å². The van der Waals surface area contributed by atoms with Crippen molar-refractivity contribution in [2.75, 3.05) is 13.1 Å². The predicted octanol–water partition coefficient (Wildman–Crippen LogP) is -1.70. The minimum atomic E-state index is -1.13. The summed E-state index contributed by atoms with van der Waals surface area (Å²) in [6.45, 7) is 3.69. The van der Waals surface area contributed by atoms with Gasteiger partial charge in [0.1, 0.15) is 18.1 Å². The van der Waals surface area contributed by atoms with Crippen LogP contribution in [-0.4, -0.2) is 70.8 Å². The van der Waals surface area contributed by atoms with Crippen LogP contribution in [0.4, 0.5) is 0 Å². The number of primary amides is 1. The Morgan fingerprint density at radius 2 is 1.79 bits per heavy atom. The molecule has 11 nitrogen and oxygen atoms in total. The fraction of sp³-hybridized carbons (Fsp3) is 0.722. The van der Waals surface area contributed by atoms with Crippen LogP contribution in [0.15, 0.2) is 0 Å². The Morgan fingerprint density at radius 1 is 1.14 bits per heavy atom. The van der Waals surface area contributed by atoms with Gasteiger partial charge in [0.2, 0.25) is 23.6 Å². The monoisotopic (exact) mass is 413 g/mol. The maximum Gasteiger partial charge on any atom is 0.326 e. The minimum Gasteiger partial charge on any atom is -0.480 e. The Hall–Kier alpha value is -2.69. The summed E-state index contributed by atoms with van der Waals surface area (Å²) in [5, 5.41) is 14.4. The molecule has 1 aliphatic heterocycles. The Labute approximate surface area is 169 Å². The predicted molar refractivity (Wildman–Crippen MR) is 103 cm³/mol. The van der Waals surface area contributed by atoms with E-state index < -0.39 is 47.7 Å². The van der Waals surface area contributed by atoms with E-state index >= 15 is 0 Å². The smallest absolute Gasteiger partial charge is 0.326 e. The topological polar surface area (TPSA) is 185 Å². The summed E-state index contributed by atoms with van der Waals surface area (Å²) in [5.41, 5.74) is 10.5. The highest BCUT2D eigenvalue weighted by atomic mass is 16.4. The van der Waals surface area contributed by atoms with Gasteiger partial charge in [0.25, 0.3) is 0 Å². The van der Waals surface area contributed by atoms with E-state index in [1.54, 1.807) is 0 Å². The van der Waals surface area contributed by atoms with Crippen LogP contribution >= 0.6 is 0 Å². The summed E-state index contributed by atoms with van der Waals surface area (Å²) >= 11 is 0. The number of aliphatic carboxylic acids is 1. The van der Waals surface area contributed by atoms with Crippen molar-refractivity contribution in [2.24, 2.45) is 17.4 Å². The molecule has 164 valence electrons. The second-order valence-electron chi connectivity index (χ2n) is 7.55. The second-order valence-corrected chi connectivity index (χ2v) is 7.55. The van der Waals surface area contributed by atoms with Crippen LogP contribution in [0.25, 0.3) is 0 Å². The third-order valence-corrected chi connectivity index (χ3v) is 4.66. The van der Waals surface area contributed by atoms with Crippen molar-refractivity contribution in [3.63, 3.8) is 0 Å². The molecule has 3 unspecified atom stereocenters.